The second-order valence-electron chi connectivity index (χ2n) is 4.72. The Labute approximate surface area is 116 Å². The van der Waals surface area contributed by atoms with Crippen molar-refractivity contribution in [1.29, 1.82) is 0 Å². The van der Waals surface area contributed by atoms with Crippen LogP contribution in [0.25, 0.3) is 0 Å². The molecule has 0 saturated carbocycles. The van der Waals surface area contributed by atoms with Crippen molar-refractivity contribution < 1.29 is 27.6 Å². The minimum absolute atomic E-state index is 0.00145. The molecule has 0 bridgehead atoms. The molecular weight excluding hydrogens is 288 g/mol. The number of nitrogens with zero attached hydrogens (tertiary/aromatic N) is 2. The van der Waals surface area contributed by atoms with Crippen molar-refractivity contribution in [2.75, 3.05) is 20.3 Å². The van der Waals surface area contributed by atoms with Crippen LogP contribution in [-0.4, -0.2) is 55.3 Å². The number of likely N-dealkylation sites (N-methyl/N-ethyl adjacent to an activating group) is 1. The number of ether oxygens (including phenoxy) is 1. The monoisotopic (exact) mass is 304 g/mol. The Morgan fingerprint density at radius 2 is 2.05 bits per heavy atom. The van der Waals surface area contributed by atoms with Gasteiger partial charge in [0, 0.05) is 7.05 Å². The van der Waals surface area contributed by atoms with Crippen molar-refractivity contribution in [1.82, 2.24) is 9.46 Å². The van der Waals surface area contributed by atoms with Gasteiger partial charge in [0.1, 0.15) is 10.6 Å². The molecule has 1 aliphatic rings. The molecule has 1 fully saturated rings. The van der Waals surface area contributed by atoms with Crippen LogP contribution in [0.5, 0.6) is 0 Å². The molecule has 0 aliphatic carbocycles. The van der Waals surface area contributed by atoms with E-state index in [1.54, 1.807) is 0 Å². The van der Waals surface area contributed by atoms with Gasteiger partial charge in [0.25, 0.3) is 0 Å². The molecule has 0 aromatic carbocycles. The Hall–Kier alpha value is -1.45. The second kappa shape index (κ2) is 5.15. The number of carbonyl (C=O) groups is 1. The fourth-order valence-corrected chi connectivity index (χ4v) is 3.97. The highest BCUT2D eigenvalue weighted by Gasteiger charge is 2.42. The van der Waals surface area contributed by atoms with Gasteiger partial charge in [0.15, 0.2) is 5.76 Å². The van der Waals surface area contributed by atoms with Crippen LogP contribution in [-0.2, 0) is 19.6 Å². The molecule has 1 N–H and O–H groups in total. The van der Waals surface area contributed by atoms with Gasteiger partial charge in [0.05, 0.1) is 25.2 Å². The molecule has 1 saturated heterocycles. The summed E-state index contributed by atoms with van der Waals surface area (Å²) in [6.45, 7) is 3.08. The van der Waals surface area contributed by atoms with E-state index < -0.39 is 28.0 Å². The highest BCUT2D eigenvalue weighted by molar-refractivity contribution is 7.89. The Balaban J connectivity index is 2.37. The SMILES string of the molecule is Cc1noc(C)c1S(=O)(=O)N(C)C1COCC1C(=O)O. The van der Waals surface area contributed by atoms with E-state index in [-0.39, 0.29) is 29.6 Å². The quantitative estimate of drug-likeness (QED) is 0.834. The Kier molecular flexibility index (Phi) is 3.85. The van der Waals surface area contributed by atoms with E-state index in [9.17, 15) is 13.2 Å². The van der Waals surface area contributed by atoms with Gasteiger partial charge in [-0.15, -0.1) is 0 Å². The van der Waals surface area contributed by atoms with Crippen LogP contribution in [0.2, 0.25) is 0 Å². The Morgan fingerprint density at radius 3 is 2.55 bits per heavy atom. The topological polar surface area (TPSA) is 110 Å². The first-order valence-corrected chi connectivity index (χ1v) is 7.42. The number of hydrogen-bond donors (Lipinski definition) is 1. The van der Waals surface area contributed by atoms with Gasteiger partial charge in [-0.3, -0.25) is 4.79 Å². The third kappa shape index (κ3) is 2.32. The lowest BCUT2D eigenvalue weighted by Crippen LogP contribution is -2.44. The maximum absolute atomic E-state index is 12.6. The molecule has 2 rings (SSSR count). The first-order chi connectivity index (χ1) is 9.26. The Bertz CT molecular complexity index is 603. The van der Waals surface area contributed by atoms with Gasteiger partial charge in [-0.25, -0.2) is 8.42 Å². The van der Waals surface area contributed by atoms with Crippen LogP contribution in [0, 0.1) is 19.8 Å². The molecule has 9 heteroatoms. The normalized spacial score (nSPS) is 23.4. The lowest BCUT2D eigenvalue weighted by Gasteiger charge is -2.25. The maximum Gasteiger partial charge on any atom is 0.310 e. The number of carboxylic acid groups (broad SMARTS) is 1. The first kappa shape index (κ1) is 14.9. The molecule has 2 heterocycles. The van der Waals surface area contributed by atoms with E-state index in [0.29, 0.717) is 0 Å². The highest BCUT2D eigenvalue weighted by atomic mass is 32.2. The molecule has 112 valence electrons. The zero-order valence-electron chi connectivity index (χ0n) is 11.4. The molecule has 1 aromatic rings. The molecule has 0 radical (unpaired) electrons. The number of carboxylic acids is 1. The fraction of sp³-hybridized carbons (Fsp3) is 0.636. The average Bonchev–Trinajstić information content (AvgIpc) is 2.95. The smallest absolute Gasteiger partial charge is 0.310 e. The van der Waals surface area contributed by atoms with Gasteiger partial charge >= 0.3 is 5.97 Å². The number of rotatable bonds is 4. The first-order valence-electron chi connectivity index (χ1n) is 5.98. The Morgan fingerprint density at radius 1 is 1.40 bits per heavy atom. The van der Waals surface area contributed by atoms with Crippen molar-refractivity contribution in [3.63, 3.8) is 0 Å². The minimum Gasteiger partial charge on any atom is -0.481 e. The summed E-state index contributed by atoms with van der Waals surface area (Å²) >= 11 is 0. The lowest BCUT2D eigenvalue weighted by molar-refractivity contribution is -0.142. The van der Waals surface area contributed by atoms with Crippen LogP contribution in [0.3, 0.4) is 0 Å². The fourth-order valence-electron chi connectivity index (χ4n) is 2.30. The van der Waals surface area contributed by atoms with Crippen LogP contribution < -0.4 is 0 Å². The van der Waals surface area contributed by atoms with Crippen LogP contribution in [0.15, 0.2) is 9.42 Å². The molecule has 0 spiro atoms. The third-order valence-corrected chi connectivity index (χ3v) is 5.57. The van der Waals surface area contributed by atoms with Crippen LogP contribution >= 0.6 is 0 Å². The number of aliphatic carboxylic acids is 1. The highest BCUT2D eigenvalue weighted by Crippen LogP contribution is 2.28. The number of sulfonamides is 1. The molecule has 1 aromatic heterocycles. The van der Waals surface area contributed by atoms with E-state index in [2.05, 4.69) is 5.16 Å². The van der Waals surface area contributed by atoms with Crippen LogP contribution in [0.1, 0.15) is 11.5 Å². The zero-order valence-corrected chi connectivity index (χ0v) is 12.2. The summed E-state index contributed by atoms with van der Waals surface area (Å²) in [5.41, 5.74) is 0.250. The van der Waals surface area contributed by atoms with Crippen molar-refractivity contribution in [3.8, 4) is 0 Å². The summed E-state index contributed by atoms with van der Waals surface area (Å²) in [4.78, 5) is 11.1. The molecule has 1 aliphatic heterocycles. The van der Waals surface area contributed by atoms with E-state index in [4.69, 9.17) is 14.4 Å². The van der Waals surface area contributed by atoms with E-state index in [1.165, 1.54) is 20.9 Å². The molecule has 2 atom stereocenters. The third-order valence-electron chi connectivity index (χ3n) is 3.44. The molecule has 0 amide bonds. The number of aryl methyl sites for hydroxylation is 2. The van der Waals surface area contributed by atoms with Crippen LogP contribution in [0.4, 0.5) is 0 Å². The van der Waals surface area contributed by atoms with Crippen molar-refractivity contribution in [2.24, 2.45) is 5.92 Å². The van der Waals surface area contributed by atoms with E-state index in [1.807, 2.05) is 0 Å². The van der Waals surface area contributed by atoms with Crippen molar-refractivity contribution >= 4 is 16.0 Å². The largest absolute Gasteiger partial charge is 0.481 e. The molecule has 20 heavy (non-hydrogen) atoms. The van der Waals surface area contributed by atoms with Gasteiger partial charge < -0.3 is 14.4 Å². The average molecular weight is 304 g/mol. The zero-order chi connectivity index (χ0) is 15.1. The number of hydrogen-bond acceptors (Lipinski definition) is 6. The van der Waals surface area contributed by atoms with E-state index >= 15 is 0 Å². The van der Waals surface area contributed by atoms with Gasteiger partial charge in [-0.05, 0) is 13.8 Å². The summed E-state index contributed by atoms with van der Waals surface area (Å²) in [7, 11) is -2.53. The molecule has 8 nitrogen and oxygen atoms in total. The summed E-state index contributed by atoms with van der Waals surface area (Å²) in [6, 6.07) is -0.744. The molecular formula is C11H16N2O6S. The summed E-state index contributed by atoms with van der Waals surface area (Å²) in [5.74, 6) is -1.77. The standard InChI is InChI=1S/C11H16N2O6S/c1-6-10(7(2)19-12-6)20(16,17)13(3)9-5-18-4-8(9)11(14)15/h8-9H,4-5H2,1-3H3,(H,14,15). The number of aromatic nitrogens is 1. The summed E-state index contributed by atoms with van der Waals surface area (Å²) in [6.07, 6.45) is 0. The lowest BCUT2D eigenvalue weighted by atomic mass is 10.1. The summed E-state index contributed by atoms with van der Waals surface area (Å²) < 4.78 is 36.1. The summed E-state index contributed by atoms with van der Waals surface area (Å²) in [5, 5.41) is 12.7. The van der Waals surface area contributed by atoms with Crippen molar-refractivity contribution in [3.05, 3.63) is 11.5 Å². The second-order valence-corrected chi connectivity index (χ2v) is 6.66. The molecule has 2 unspecified atom stereocenters. The predicted octanol–water partition coefficient (Wildman–Crippen LogP) is 0.0115. The van der Waals surface area contributed by atoms with Gasteiger partial charge in [0.2, 0.25) is 10.0 Å². The van der Waals surface area contributed by atoms with Crippen molar-refractivity contribution in [2.45, 2.75) is 24.8 Å². The predicted molar refractivity (Wildman–Crippen MR) is 66.7 cm³/mol. The van der Waals surface area contributed by atoms with Gasteiger partial charge in [-0.1, -0.05) is 5.16 Å². The maximum atomic E-state index is 12.6. The van der Waals surface area contributed by atoms with Gasteiger partial charge in [-0.2, -0.15) is 4.31 Å². The minimum atomic E-state index is -3.87. The van der Waals surface area contributed by atoms with E-state index in [0.717, 1.165) is 4.31 Å².